The second-order valence-corrected chi connectivity index (χ2v) is 20.4. The molecule has 0 aliphatic carbocycles. The fourth-order valence-corrected chi connectivity index (χ4v) is 8.97. The molecule has 4 N–H and O–H groups in total. The maximum absolute atomic E-state index is 12.8. The molecule has 2 unspecified atom stereocenters. The van der Waals surface area contributed by atoms with Gasteiger partial charge >= 0.3 is 11.9 Å². The minimum absolute atomic E-state index is 0.0946. The zero-order valence-corrected chi connectivity index (χ0v) is 43.1. The summed E-state index contributed by atoms with van der Waals surface area (Å²) in [5.41, 5.74) is 0. The lowest BCUT2D eigenvalue weighted by molar-refractivity contribution is -0.297. The molecule has 67 heavy (non-hydrogen) atoms. The summed E-state index contributed by atoms with van der Waals surface area (Å²) in [6, 6.07) is 0. The van der Waals surface area contributed by atoms with E-state index in [1.54, 1.807) is 0 Å². The maximum atomic E-state index is 12.8. The van der Waals surface area contributed by atoms with Crippen molar-refractivity contribution >= 4 is 22.1 Å². The van der Waals surface area contributed by atoms with Gasteiger partial charge in [-0.2, -0.15) is 8.42 Å². The van der Waals surface area contributed by atoms with Crippen molar-refractivity contribution in [2.75, 3.05) is 19.0 Å². The number of hydrogen-bond donors (Lipinski definition) is 4. The van der Waals surface area contributed by atoms with Crippen LogP contribution in [0.1, 0.15) is 239 Å². The van der Waals surface area contributed by atoms with Crippen LogP contribution < -0.4 is 0 Å². The maximum Gasteiger partial charge on any atom is 0.306 e. The van der Waals surface area contributed by atoms with Gasteiger partial charge in [0.1, 0.15) is 36.8 Å². The van der Waals surface area contributed by atoms with Crippen molar-refractivity contribution in [1.82, 2.24) is 0 Å². The quantitative estimate of drug-likeness (QED) is 0.0196. The summed E-state index contributed by atoms with van der Waals surface area (Å²) in [6.45, 7) is 3.75. The Bertz CT molecular complexity index is 1370. The lowest BCUT2D eigenvalue weighted by atomic mass is 10.00. The molecule has 0 aromatic rings. The van der Waals surface area contributed by atoms with E-state index in [1.165, 1.54) is 154 Å². The highest BCUT2D eigenvalue weighted by atomic mass is 32.2. The van der Waals surface area contributed by atoms with E-state index in [1.807, 2.05) is 6.08 Å². The predicted octanol–water partition coefficient (Wildman–Crippen LogP) is 12.5. The highest BCUT2D eigenvalue weighted by Crippen LogP contribution is 2.24. The minimum Gasteiger partial charge on any atom is -0.462 e. The normalized spacial score (nSPS) is 19.5. The first-order chi connectivity index (χ1) is 32.5. The monoisotopic (exact) mass is 971 g/mol. The summed E-state index contributed by atoms with van der Waals surface area (Å²) in [4.78, 5) is 25.5. The van der Waals surface area contributed by atoms with E-state index < -0.39 is 71.2 Å². The van der Waals surface area contributed by atoms with Gasteiger partial charge < -0.3 is 34.3 Å². The molecule has 0 saturated carbocycles. The number of hydrogen-bond acceptors (Lipinski definition) is 11. The second kappa shape index (κ2) is 43.9. The number of unbranched alkanes of at least 4 members (excludes halogenated alkanes) is 28. The number of ether oxygens (including phenoxy) is 4. The number of carbonyl (C=O) groups excluding carboxylic acids is 2. The minimum atomic E-state index is -4.61. The van der Waals surface area contributed by atoms with Gasteiger partial charge in [0.2, 0.25) is 0 Å². The number of rotatable bonds is 46. The van der Waals surface area contributed by atoms with Crippen molar-refractivity contribution in [2.45, 2.75) is 275 Å². The number of allylic oxidation sites excluding steroid dienone is 6. The third-order valence-corrected chi connectivity index (χ3v) is 13.2. The Morgan fingerprint density at radius 1 is 0.507 bits per heavy atom. The van der Waals surface area contributed by atoms with Crippen molar-refractivity contribution in [3.05, 3.63) is 36.5 Å². The SMILES string of the molecule is CCCCCCCC/C=C/C/C=C/C/C=C/CCCC(=O)O[C@H](COC(=O)CCCCCCCCCCCCCCCCCCCCCCCC)CO[C@H]1O[C@H](CS(=O)(=O)O)[C@@H](O)C(O)C1O. The molecule has 1 heterocycles. The summed E-state index contributed by atoms with van der Waals surface area (Å²) < 4.78 is 54.2. The highest BCUT2D eigenvalue weighted by Gasteiger charge is 2.46. The first kappa shape index (κ1) is 62.9. The first-order valence-electron chi connectivity index (χ1n) is 27.0. The average Bonchev–Trinajstić information content (AvgIpc) is 3.30. The van der Waals surface area contributed by atoms with E-state index in [4.69, 9.17) is 18.9 Å². The van der Waals surface area contributed by atoms with Crippen LogP contribution in [0.25, 0.3) is 0 Å². The summed E-state index contributed by atoms with van der Waals surface area (Å²) in [7, 11) is -4.61. The molecule has 0 aromatic heterocycles. The zero-order chi connectivity index (χ0) is 49.1. The molecule has 1 saturated heterocycles. The molecular weight excluding hydrogens is 873 g/mol. The van der Waals surface area contributed by atoms with Crippen LogP contribution in [0.4, 0.5) is 0 Å². The van der Waals surface area contributed by atoms with E-state index in [2.05, 4.69) is 44.2 Å². The summed E-state index contributed by atoms with van der Waals surface area (Å²) >= 11 is 0. The average molecular weight is 971 g/mol. The van der Waals surface area contributed by atoms with Crippen molar-refractivity contribution in [1.29, 1.82) is 0 Å². The van der Waals surface area contributed by atoms with Crippen molar-refractivity contribution in [2.24, 2.45) is 0 Å². The Balaban J connectivity index is 2.36. The second-order valence-electron chi connectivity index (χ2n) is 18.9. The van der Waals surface area contributed by atoms with Crippen molar-refractivity contribution in [3.8, 4) is 0 Å². The molecule has 0 radical (unpaired) electrons. The number of aliphatic hydroxyl groups excluding tert-OH is 3. The molecule has 13 heteroatoms. The fourth-order valence-electron chi connectivity index (χ4n) is 8.28. The Labute approximate surface area is 408 Å². The van der Waals surface area contributed by atoms with E-state index in [9.17, 15) is 37.9 Å². The Morgan fingerprint density at radius 2 is 0.910 bits per heavy atom. The molecule has 6 atom stereocenters. The van der Waals surface area contributed by atoms with E-state index in [0.29, 0.717) is 19.3 Å². The van der Waals surface area contributed by atoms with Gasteiger partial charge in [-0.25, -0.2) is 0 Å². The van der Waals surface area contributed by atoms with Crippen LogP contribution in [-0.2, 0) is 38.7 Å². The fraction of sp³-hybridized carbons (Fsp3) is 0.852. The molecule has 1 aliphatic heterocycles. The van der Waals surface area contributed by atoms with Gasteiger partial charge in [0, 0.05) is 12.8 Å². The molecule has 0 aromatic carbocycles. The lowest BCUT2D eigenvalue weighted by Gasteiger charge is -2.40. The van der Waals surface area contributed by atoms with Gasteiger partial charge in [-0.1, -0.05) is 217 Å². The molecule has 12 nitrogen and oxygen atoms in total. The number of aliphatic hydroxyl groups is 3. The van der Waals surface area contributed by atoms with Gasteiger partial charge in [-0.15, -0.1) is 0 Å². The first-order valence-corrected chi connectivity index (χ1v) is 28.7. The Hall–Kier alpha value is -2.13. The largest absolute Gasteiger partial charge is 0.462 e. The van der Waals surface area contributed by atoms with Crippen LogP contribution in [0.3, 0.4) is 0 Å². The van der Waals surface area contributed by atoms with E-state index in [-0.39, 0.29) is 19.4 Å². The molecule has 0 spiro atoms. The third-order valence-electron chi connectivity index (χ3n) is 12.5. The van der Waals surface area contributed by atoms with Crippen LogP contribution in [0, 0.1) is 0 Å². The van der Waals surface area contributed by atoms with Crippen LogP contribution >= 0.6 is 0 Å². The summed E-state index contributed by atoms with van der Waals surface area (Å²) in [5.74, 6) is -2.04. The molecule has 1 fully saturated rings. The molecule has 392 valence electrons. The number of esters is 2. The molecule has 1 aliphatic rings. The zero-order valence-electron chi connectivity index (χ0n) is 42.3. The lowest BCUT2D eigenvalue weighted by Crippen LogP contribution is -2.60. The molecule has 1 rings (SSSR count). The predicted molar refractivity (Wildman–Crippen MR) is 270 cm³/mol. The van der Waals surface area contributed by atoms with Gasteiger partial charge in [0.25, 0.3) is 10.1 Å². The van der Waals surface area contributed by atoms with Crippen LogP contribution in [0.5, 0.6) is 0 Å². The molecular formula is C54H98O12S. The Morgan fingerprint density at radius 3 is 1.37 bits per heavy atom. The number of carbonyl (C=O) groups is 2. The van der Waals surface area contributed by atoms with Gasteiger partial charge in [-0.3, -0.25) is 14.1 Å². The third kappa shape index (κ3) is 38.3. The van der Waals surface area contributed by atoms with Gasteiger partial charge in [-0.05, 0) is 44.9 Å². The van der Waals surface area contributed by atoms with Gasteiger partial charge in [0.15, 0.2) is 12.4 Å². The Kier molecular flexibility index (Phi) is 41.2. The van der Waals surface area contributed by atoms with Gasteiger partial charge in [0.05, 0.1) is 6.61 Å². The summed E-state index contributed by atoms with van der Waals surface area (Å²) in [6.07, 6.45) is 43.4. The topological polar surface area (TPSA) is 186 Å². The van der Waals surface area contributed by atoms with Crippen molar-refractivity contribution < 1.29 is 56.8 Å². The summed E-state index contributed by atoms with van der Waals surface area (Å²) in [5, 5.41) is 31.0. The van der Waals surface area contributed by atoms with Crippen molar-refractivity contribution in [3.63, 3.8) is 0 Å². The van der Waals surface area contributed by atoms with Crippen LogP contribution in [0.2, 0.25) is 0 Å². The molecule has 0 bridgehead atoms. The van der Waals surface area contributed by atoms with Crippen LogP contribution in [0.15, 0.2) is 36.5 Å². The van der Waals surface area contributed by atoms with Crippen LogP contribution in [-0.4, -0.2) is 96.0 Å². The standard InChI is InChI=1S/C54H98O12S/c1-3-5-7-9-11-13-15-17-19-21-22-23-24-25-27-28-30-32-34-36-38-40-42-49(55)63-44-47(45-64-54-53(59)52(58)51(57)48(66-54)46-67(60,61)62)65-50(56)43-41-39-37-35-33-31-29-26-20-18-16-14-12-10-8-6-4-2/h18,20,29,31,35,37,47-48,51-54,57-59H,3-17,19,21-28,30,32-34,36,38-46H2,1-2H3,(H,60,61,62)/b20-18+,31-29+,37-35+/t47-,48-,51-,52?,53?,54+/m1/s1. The smallest absolute Gasteiger partial charge is 0.306 e. The van der Waals surface area contributed by atoms with E-state index in [0.717, 1.165) is 38.5 Å². The highest BCUT2D eigenvalue weighted by molar-refractivity contribution is 7.85. The molecule has 0 amide bonds. The van der Waals surface area contributed by atoms with E-state index >= 15 is 0 Å².